The maximum Gasteiger partial charge on any atom is 0.157 e. The number of nitrogens with one attached hydrogen (secondary N) is 1. The lowest BCUT2D eigenvalue weighted by Gasteiger charge is -2.13. The average Bonchev–Trinajstić information content (AvgIpc) is 2.20. The number of phenolic OH excluding ortho intramolecular Hbond substituents is 2. The Morgan fingerprint density at radius 3 is 2.60 bits per heavy atom. The molecule has 0 fully saturated rings. The quantitative estimate of drug-likeness (QED) is 0.650. The Balaban J connectivity index is 2.53. The molecule has 0 radical (unpaired) electrons. The van der Waals surface area contributed by atoms with Gasteiger partial charge in [0.2, 0.25) is 0 Å². The number of phenols is 2. The van der Waals surface area contributed by atoms with Crippen LogP contribution >= 0.6 is 0 Å². The second-order valence-electron chi connectivity index (χ2n) is 3.88. The van der Waals surface area contributed by atoms with Gasteiger partial charge in [0, 0.05) is 6.04 Å². The summed E-state index contributed by atoms with van der Waals surface area (Å²) in [6.07, 6.45) is 1.97. The maximum absolute atomic E-state index is 9.32. The fraction of sp³-hybridized carbons (Fsp3) is 0.500. The van der Waals surface area contributed by atoms with E-state index >= 15 is 0 Å². The molecule has 15 heavy (non-hydrogen) atoms. The molecule has 84 valence electrons. The highest BCUT2D eigenvalue weighted by atomic mass is 16.3. The minimum atomic E-state index is -0.0621. The molecular formula is C12H19NO2. The van der Waals surface area contributed by atoms with Crippen molar-refractivity contribution in [3.63, 3.8) is 0 Å². The summed E-state index contributed by atoms with van der Waals surface area (Å²) in [5.41, 5.74) is 1.03. The van der Waals surface area contributed by atoms with Gasteiger partial charge in [0.05, 0.1) is 0 Å². The molecule has 3 heteroatoms. The fourth-order valence-corrected chi connectivity index (χ4v) is 1.51. The summed E-state index contributed by atoms with van der Waals surface area (Å²) in [6, 6.07) is 5.35. The van der Waals surface area contributed by atoms with Crippen molar-refractivity contribution in [3.05, 3.63) is 23.8 Å². The third-order valence-corrected chi connectivity index (χ3v) is 2.32. The maximum atomic E-state index is 9.32. The summed E-state index contributed by atoms with van der Waals surface area (Å²) in [5.74, 6) is -0.108. The predicted octanol–water partition coefficient (Wildman–Crippen LogP) is 2.03. The molecule has 0 heterocycles. The molecule has 0 aliphatic rings. The first-order chi connectivity index (χ1) is 7.13. The smallest absolute Gasteiger partial charge is 0.157 e. The van der Waals surface area contributed by atoms with Crippen molar-refractivity contribution in [2.45, 2.75) is 32.7 Å². The normalized spacial score (nSPS) is 12.7. The van der Waals surface area contributed by atoms with E-state index in [0.717, 1.165) is 24.9 Å². The summed E-state index contributed by atoms with van der Waals surface area (Å²) in [7, 11) is 0. The minimum absolute atomic E-state index is 0.0461. The number of rotatable bonds is 5. The van der Waals surface area contributed by atoms with Crippen LogP contribution in [0.2, 0.25) is 0 Å². The van der Waals surface area contributed by atoms with Gasteiger partial charge in [-0.05, 0) is 44.0 Å². The molecule has 0 aliphatic carbocycles. The number of aromatic hydroxyl groups is 2. The summed E-state index contributed by atoms with van der Waals surface area (Å²) in [6.45, 7) is 5.25. The highest BCUT2D eigenvalue weighted by molar-refractivity contribution is 5.40. The molecule has 0 spiro atoms. The van der Waals surface area contributed by atoms with Gasteiger partial charge in [0.25, 0.3) is 0 Å². The van der Waals surface area contributed by atoms with E-state index in [9.17, 15) is 5.11 Å². The summed E-state index contributed by atoms with van der Waals surface area (Å²) in [4.78, 5) is 0. The van der Waals surface area contributed by atoms with Gasteiger partial charge in [0.1, 0.15) is 0 Å². The fourth-order valence-electron chi connectivity index (χ4n) is 1.51. The zero-order valence-electron chi connectivity index (χ0n) is 9.33. The van der Waals surface area contributed by atoms with Crippen LogP contribution in [-0.4, -0.2) is 22.8 Å². The molecule has 0 saturated carbocycles. The molecule has 1 aromatic carbocycles. The van der Waals surface area contributed by atoms with E-state index in [1.165, 1.54) is 6.07 Å². The van der Waals surface area contributed by atoms with Gasteiger partial charge in [-0.2, -0.15) is 0 Å². The molecule has 0 aliphatic heterocycles. The van der Waals surface area contributed by atoms with Crippen molar-refractivity contribution in [3.8, 4) is 11.5 Å². The number of benzene rings is 1. The summed E-state index contributed by atoms with van der Waals surface area (Å²) >= 11 is 0. The first kappa shape index (κ1) is 11.9. The molecule has 1 rings (SSSR count). The van der Waals surface area contributed by atoms with E-state index in [-0.39, 0.29) is 11.5 Å². The van der Waals surface area contributed by atoms with Crippen LogP contribution in [0.25, 0.3) is 0 Å². The van der Waals surface area contributed by atoms with Crippen LogP contribution < -0.4 is 5.32 Å². The Morgan fingerprint density at radius 1 is 1.27 bits per heavy atom. The summed E-state index contributed by atoms with van der Waals surface area (Å²) in [5, 5.41) is 21.8. The van der Waals surface area contributed by atoms with Crippen molar-refractivity contribution in [1.82, 2.24) is 5.32 Å². The van der Waals surface area contributed by atoms with Crippen molar-refractivity contribution >= 4 is 0 Å². The molecule has 1 atom stereocenters. The Labute approximate surface area is 90.8 Å². The number of hydrogen-bond donors (Lipinski definition) is 3. The van der Waals surface area contributed by atoms with E-state index < -0.39 is 0 Å². The molecule has 0 bridgehead atoms. The van der Waals surface area contributed by atoms with Crippen LogP contribution in [0.4, 0.5) is 0 Å². The minimum Gasteiger partial charge on any atom is -0.504 e. The zero-order valence-corrected chi connectivity index (χ0v) is 9.33. The van der Waals surface area contributed by atoms with Crippen molar-refractivity contribution < 1.29 is 10.2 Å². The second-order valence-corrected chi connectivity index (χ2v) is 3.88. The van der Waals surface area contributed by atoms with Gasteiger partial charge in [-0.1, -0.05) is 13.0 Å². The lowest BCUT2D eigenvalue weighted by atomic mass is 10.1. The van der Waals surface area contributed by atoms with Gasteiger partial charge in [-0.15, -0.1) is 0 Å². The average molecular weight is 209 g/mol. The van der Waals surface area contributed by atoms with Crippen LogP contribution in [0.1, 0.15) is 25.8 Å². The highest BCUT2D eigenvalue weighted by Crippen LogP contribution is 2.25. The van der Waals surface area contributed by atoms with Gasteiger partial charge >= 0.3 is 0 Å². The first-order valence-electron chi connectivity index (χ1n) is 5.37. The van der Waals surface area contributed by atoms with Crippen LogP contribution in [0.3, 0.4) is 0 Å². The van der Waals surface area contributed by atoms with Crippen LogP contribution in [-0.2, 0) is 6.42 Å². The first-order valence-corrected chi connectivity index (χ1v) is 5.37. The SMILES string of the molecule is CCCN[C@H](C)Cc1ccc(O)c(O)c1. The Kier molecular flexibility index (Phi) is 4.43. The standard InChI is InChI=1S/C12H19NO2/c1-3-6-13-9(2)7-10-4-5-11(14)12(15)8-10/h4-5,8-9,13-15H,3,6-7H2,1-2H3/t9-/m1/s1. The molecule has 1 aromatic rings. The lowest BCUT2D eigenvalue weighted by molar-refractivity contribution is 0.402. The third kappa shape index (κ3) is 3.80. The highest BCUT2D eigenvalue weighted by Gasteiger charge is 2.05. The van der Waals surface area contributed by atoms with Crippen molar-refractivity contribution in [2.75, 3.05) is 6.54 Å². The van der Waals surface area contributed by atoms with E-state index in [0.29, 0.717) is 6.04 Å². The van der Waals surface area contributed by atoms with Gasteiger partial charge in [0.15, 0.2) is 11.5 Å². The van der Waals surface area contributed by atoms with E-state index in [4.69, 9.17) is 5.11 Å². The molecular weight excluding hydrogens is 190 g/mol. The lowest BCUT2D eigenvalue weighted by Crippen LogP contribution is -2.28. The Morgan fingerprint density at radius 2 is 2.00 bits per heavy atom. The predicted molar refractivity (Wildman–Crippen MR) is 61.2 cm³/mol. The van der Waals surface area contributed by atoms with Gasteiger partial charge in [-0.25, -0.2) is 0 Å². The van der Waals surface area contributed by atoms with E-state index in [1.807, 2.05) is 6.07 Å². The molecule has 0 aromatic heterocycles. The Bertz CT molecular complexity index is 312. The topological polar surface area (TPSA) is 52.5 Å². The monoisotopic (exact) mass is 209 g/mol. The van der Waals surface area contributed by atoms with E-state index in [1.54, 1.807) is 6.07 Å². The van der Waals surface area contributed by atoms with Gasteiger partial charge in [-0.3, -0.25) is 0 Å². The third-order valence-electron chi connectivity index (χ3n) is 2.32. The van der Waals surface area contributed by atoms with Gasteiger partial charge < -0.3 is 15.5 Å². The number of hydrogen-bond acceptors (Lipinski definition) is 3. The molecule has 3 N–H and O–H groups in total. The molecule has 0 unspecified atom stereocenters. The van der Waals surface area contributed by atoms with Crippen LogP contribution in [0.5, 0.6) is 11.5 Å². The molecule has 3 nitrogen and oxygen atoms in total. The summed E-state index contributed by atoms with van der Waals surface area (Å²) < 4.78 is 0. The van der Waals surface area contributed by atoms with Crippen molar-refractivity contribution in [2.24, 2.45) is 0 Å². The Hall–Kier alpha value is -1.22. The molecule has 0 saturated heterocycles. The van der Waals surface area contributed by atoms with Crippen LogP contribution in [0.15, 0.2) is 18.2 Å². The van der Waals surface area contributed by atoms with Crippen LogP contribution in [0, 0.1) is 0 Å². The van der Waals surface area contributed by atoms with Crippen molar-refractivity contribution in [1.29, 1.82) is 0 Å². The second kappa shape index (κ2) is 5.61. The zero-order chi connectivity index (χ0) is 11.3. The van der Waals surface area contributed by atoms with E-state index in [2.05, 4.69) is 19.2 Å². The molecule has 0 amide bonds. The largest absolute Gasteiger partial charge is 0.504 e.